The summed E-state index contributed by atoms with van der Waals surface area (Å²) in [4.78, 5) is 0.272. The van der Waals surface area contributed by atoms with E-state index in [2.05, 4.69) is 11.8 Å². The average Bonchev–Trinajstić information content (AvgIpc) is 3.31. The molecule has 2 rings (SSSR count). The Bertz CT molecular complexity index is 654. The summed E-state index contributed by atoms with van der Waals surface area (Å²) in [7, 11) is -1.84. The van der Waals surface area contributed by atoms with Gasteiger partial charge in [-0.25, -0.2) is 8.42 Å². The predicted molar refractivity (Wildman–Crippen MR) is 82.2 cm³/mol. The van der Waals surface area contributed by atoms with Crippen molar-refractivity contribution in [3.63, 3.8) is 0 Å². The Balaban J connectivity index is 2.23. The Labute approximate surface area is 126 Å². The quantitative estimate of drug-likeness (QED) is 0.845. The van der Waals surface area contributed by atoms with Crippen molar-refractivity contribution in [2.75, 3.05) is 13.7 Å². The summed E-state index contributed by atoms with van der Waals surface area (Å²) in [6.07, 6.45) is 2.59. The van der Waals surface area contributed by atoms with Crippen molar-refractivity contribution >= 4 is 10.0 Å². The van der Waals surface area contributed by atoms with Crippen LogP contribution in [0.2, 0.25) is 0 Å². The monoisotopic (exact) mass is 307 g/mol. The van der Waals surface area contributed by atoms with Gasteiger partial charge in [0, 0.05) is 25.1 Å². The number of aliphatic hydroxyl groups is 1. The molecule has 0 spiro atoms. The first-order chi connectivity index (χ1) is 9.96. The van der Waals surface area contributed by atoms with Gasteiger partial charge in [-0.05, 0) is 43.9 Å². The molecule has 1 aromatic rings. The first-order valence-corrected chi connectivity index (χ1v) is 8.58. The van der Waals surface area contributed by atoms with Gasteiger partial charge < -0.3 is 5.11 Å². The Morgan fingerprint density at radius 3 is 2.76 bits per heavy atom. The number of hydrogen-bond acceptors (Lipinski definition) is 3. The fourth-order valence-electron chi connectivity index (χ4n) is 2.22. The summed E-state index contributed by atoms with van der Waals surface area (Å²) in [5.41, 5.74) is 0.650. The van der Waals surface area contributed by atoms with Crippen LogP contribution in [0.25, 0.3) is 0 Å². The van der Waals surface area contributed by atoms with E-state index >= 15 is 0 Å². The zero-order chi connectivity index (χ0) is 15.5. The number of benzene rings is 1. The largest absolute Gasteiger partial charge is 0.395 e. The van der Waals surface area contributed by atoms with E-state index in [1.807, 2.05) is 6.92 Å². The molecule has 0 saturated heterocycles. The van der Waals surface area contributed by atoms with Crippen molar-refractivity contribution in [1.82, 2.24) is 4.31 Å². The van der Waals surface area contributed by atoms with E-state index in [1.165, 1.54) is 4.31 Å². The molecule has 1 saturated carbocycles. The van der Waals surface area contributed by atoms with Crippen molar-refractivity contribution < 1.29 is 13.5 Å². The third-order valence-electron chi connectivity index (χ3n) is 3.86. The van der Waals surface area contributed by atoms with Gasteiger partial charge in [0.1, 0.15) is 0 Å². The SMILES string of the molecule is CC(C1CC1)N(C)S(=O)(=O)c1cccc(C#CCCO)c1. The molecule has 5 heteroatoms. The van der Waals surface area contributed by atoms with Crippen LogP contribution in [0.4, 0.5) is 0 Å². The van der Waals surface area contributed by atoms with Gasteiger partial charge in [0.05, 0.1) is 11.5 Å². The van der Waals surface area contributed by atoms with E-state index in [1.54, 1.807) is 31.3 Å². The summed E-state index contributed by atoms with van der Waals surface area (Å²) in [6, 6.07) is 6.69. The lowest BCUT2D eigenvalue weighted by atomic mass is 10.2. The fraction of sp³-hybridized carbons (Fsp3) is 0.500. The Morgan fingerprint density at radius 1 is 1.43 bits per heavy atom. The predicted octanol–water partition coefficient (Wildman–Crippen LogP) is 1.84. The summed E-state index contributed by atoms with van der Waals surface area (Å²) < 4.78 is 26.7. The lowest BCUT2D eigenvalue weighted by Crippen LogP contribution is -2.36. The van der Waals surface area contributed by atoms with Crippen LogP contribution < -0.4 is 0 Å². The molecule has 1 aromatic carbocycles. The van der Waals surface area contributed by atoms with Crippen LogP contribution in [-0.4, -0.2) is 37.5 Å². The minimum absolute atomic E-state index is 0.00658. The highest BCUT2D eigenvalue weighted by molar-refractivity contribution is 7.89. The molecule has 1 aliphatic rings. The molecule has 1 atom stereocenters. The standard InChI is InChI=1S/C16H21NO3S/c1-13(15-9-10-15)17(2)21(19,20)16-8-5-7-14(12-16)6-3-4-11-18/h5,7-8,12-13,15,18H,4,9-11H2,1-2H3. The molecule has 4 nitrogen and oxygen atoms in total. The first-order valence-electron chi connectivity index (χ1n) is 7.14. The molecule has 0 radical (unpaired) electrons. The second kappa shape index (κ2) is 6.61. The van der Waals surface area contributed by atoms with Gasteiger partial charge in [-0.1, -0.05) is 17.9 Å². The van der Waals surface area contributed by atoms with Crippen molar-refractivity contribution in [3.05, 3.63) is 29.8 Å². The molecular formula is C16H21NO3S. The molecule has 1 aliphatic carbocycles. The van der Waals surface area contributed by atoms with E-state index in [4.69, 9.17) is 5.11 Å². The number of rotatable bonds is 5. The third-order valence-corrected chi connectivity index (χ3v) is 5.80. The Hall–Kier alpha value is -1.35. The van der Waals surface area contributed by atoms with Crippen molar-refractivity contribution in [3.8, 4) is 11.8 Å². The highest BCUT2D eigenvalue weighted by Gasteiger charge is 2.35. The highest BCUT2D eigenvalue weighted by Crippen LogP contribution is 2.36. The van der Waals surface area contributed by atoms with Crippen molar-refractivity contribution in [2.45, 2.75) is 37.1 Å². The van der Waals surface area contributed by atoms with Gasteiger partial charge in [0.2, 0.25) is 10.0 Å². The lowest BCUT2D eigenvalue weighted by molar-refractivity contribution is 0.305. The van der Waals surface area contributed by atoms with Gasteiger partial charge in [-0.2, -0.15) is 4.31 Å². The van der Waals surface area contributed by atoms with E-state index < -0.39 is 10.0 Å². The van der Waals surface area contributed by atoms with Gasteiger partial charge in [0.15, 0.2) is 0 Å². The lowest BCUT2D eigenvalue weighted by Gasteiger charge is -2.24. The average molecular weight is 307 g/mol. The fourth-order valence-corrected chi connectivity index (χ4v) is 3.68. The molecular weight excluding hydrogens is 286 g/mol. The molecule has 21 heavy (non-hydrogen) atoms. The minimum atomic E-state index is -3.48. The molecule has 0 aromatic heterocycles. The maximum absolute atomic E-state index is 12.6. The third kappa shape index (κ3) is 3.85. The van der Waals surface area contributed by atoms with Crippen LogP contribution >= 0.6 is 0 Å². The maximum atomic E-state index is 12.6. The Morgan fingerprint density at radius 2 is 2.14 bits per heavy atom. The molecule has 0 amide bonds. The molecule has 1 N–H and O–H groups in total. The summed E-state index contributed by atoms with van der Waals surface area (Å²) >= 11 is 0. The van der Waals surface area contributed by atoms with Crippen molar-refractivity contribution in [1.29, 1.82) is 0 Å². The summed E-state index contributed by atoms with van der Waals surface area (Å²) in [5, 5.41) is 8.71. The number of hydrogen-bond donors (Lipinski definition) is 1. The zero-order valence-electron chi connectivity index (χ0n) is 12.4. The zero-order valence-corrected chi connectivity index (χ0v) is 13.2. The maximum Gasteiger partial charge on any atom is 0.243 e. The van der Waals surface area contributed by atoms with Crippen LogP contribution in [0.3, 0.4) is 0 Å². The summed E-state index contributed by atoms with van der Waals surface area (Å²) in [5.74, 6) is 6.15. The topological polar surface area (TPSA) is 57.6 Å². The normalized spacial score (nSPS) is 16.4. The number of aliphatic hydroxyl groups excluding tert-OH is 1. The van der Waals surface area contributed by atoms with Crippen LogP contribution in [0.15, 0.2) is 29.2 Å². The van der Waals surface area contributed by atoms with Gasteiger partial charge in [-0.15, -0.1) is 0 Å². The van der Waals surface area contributed by atoms with Crippen molar-refractivity contribution in [2.24, 2.45) is 5.92 Å². The van der Waals surface area contributed by atoms with Gasteiger partial charge in [-0.3, -0.25) is 0 Å². The van der Waals surface area contributed by atoms with Gasteiger partial charge >= 0.3 is 0 Å². The Kier molecular flexibility index (Phi) is 5.04. The van der Waals surface area contributed by atoms with E-state index in [0.29, 0.717) is 17.9 Å². The first kappa shape index (κ1) is 16.0. The van der Waals surface area contributed by atoms with Gasteiger partial charge in [0.25, 0.3) is 0 Å². The van der Waals surface area contributed by atoms with Crippen LogP contribution in [-0.2, 0) is 10.0 Å². The van der Waals surface area contributed by atoms with Crippen LogP contribution in [0.1, 0.15) is 31.7 Å². The molecule has 0 aliphatic heterocycles. The molecule has 0 heterocycles. The number of sulfonamides is 1. The highest BCUT2D eigenvalue weighted by atomic mass is 32.2. The smallest absolute Gasteiger partial charge is 0.243 e. The minimum Gasteiger partial charge on any atom is -0.395 e. The second-order valence-corrected chi connectivity index (χ2v) is 7.40. The van der Waals surface area contributed by atoms with Crippen LogP contribution in [0.5, 0.6) is 0 Å². The van der Waals surface area contributed by atoms with E-state index in [0.717, 1.165) is 12.8 Å². The molecule has 1 unspecified atom stereocenters. The molecule has 1 fully saturated rings. The molecule has 114 valence electrons. The van der Waals surface area contributed by atoms with E-state index in [-0.39, 0.29) is 17.5 Å². The molecule has 0 bridgehead atoms. The number of nitrogens with zero attached hydrogens (tertiary/aromatic N) is 1. The second-order valence-electron chi connectivity index (χ2n) is 5.40. The van der Waals surface area contributed by atoms with Crippen LogP contribution in [0, 0.1) is 17.8 Å². The van der Waals surface area contributed by atoms with E-state index in [9.17, 15) is 8.42 Å². The summed E-state index contributed by atoms with van der Waals surface area (Å²) in [6.45, 7) is 1.97.